The first-order valence-electron chi connectivity index (χ1n) is 8.30. The molecule has 28 heavy (non-hydrogen) atoms. The summed E-state index contributed by atoms with van der Waals surface area (Å²) < 4.78 is 0. The van der Waals surface area contributed by atoms with Crippen LogP contribution in [0.3, 0.4) is 0 Å². The third kappa shape index (κ3) is 3.15. The van der Waals surface area contributed by atoms with Crippen LogP contribution in [0, 0.1) is 0 Å². The lowest BCUT2D eigenvalue weighted by Gasteiger charge is -2.14. The van der Waals surface area contributed by atoms with E-state index in [1.165, 1.54) is 0 Å². The average Bonchev–Trinajstić information content (AvgIpc) is 2.96. The fourth-order valence-electron chi connectivity index (χ4n) is 2.96. The zero-order valence-corrected chi connectivity index (χ0v) is 15.8. The van der Waals surface area contributed by atoms with E-state index in [0.717, 1.165) is 4.90 Å². The van der Waals surface area contributed by atoms with E-state index in [1.807, 2.05) is 0 Å². The van der Waals surface area contributed by atoms with Gasteiger partial charge in [0.1, 0.15) is 0 Å². The minimum Gasteiger partial charge on any atom is -0.322 e. The monoisotopic (exact) mass is 410 g/mol. The Bertz CT molecular complexity index is 1090. The van der Waals surface area contributed by atoms with Gasteiger partial charge in [0.05, 0.1) is 26.9 Å². The van der Waals surface area contributed by atoms with Crippen molar-refractivity contribution in [1.82, 2.24) is 0 Å². The fraction of sp³-hybridized carbons (Fsp3) is 0. The number of carbonyl (C=O) groups excluding carboxylic acids is 3. The maximum Gasteiger partial charge on any atom is 0.266 e. The number of hydrogen-bond donors (Lipinski definition) is 1. The molecule has 0 aliphatic carbocycles. The summed E-state index contributed by atoms with van der Waals surface area (Å²) in [7, 11) is 0. The summed E-state index contributed by atoms with van der Waals surface area (Å²) in [5, 5.41) is 3.44. The molecule has 0 spiro atoms. The molecule has 1 heterocycles. The summed E-state index contributed by atoms with van der Waals surface area (Å²) in [4.78, 5) is 38.6. The van der Waals surface area contributed by atoms with Crippen molar-refractivity contribution in [2.24, 2.45) is 0 Å². The second-order valence-electron chi connectivity index (χ2n) is 6.12. The van der Waals surface area contributed by atoms with Crippen molar-refractivity contribution in [1.29, 1.82) is 0 Å². The molecule has 0 unspecified atom stereocenters. The molecule has 4 rings (SSSR count). The maximum atomic E-state index is 12.5. The highest BCUT2D eigenvalue weighted by Gasteiger charge is 2.36. The van der Waals surface area contributed by atoms with Crippen molar-refractivity contribution in [3.63, 3.8) is 0 Å². The van der Waals surface area contributed by atoms with Gasteiger partial charge < -0.3 is 5.32 Å². The first kappa shape index (κ1) is 18.2. The lowest BCUT2D eigenvalue weighted by molar-refractivity contribution is 0.0925. The minimum absolute atomic E-state index is 0.334. The zero-order chi connectivity index (χ0) is 19.8. The second kappa shape index (κ2) is 7.11. The largest absolute Gasteiger partial charge is 0.322 e. The van der Waals surface area contributed by atoms with Crippen molar-refractivity contribution >= 4 is 52.3 Å². The Labute approximate surface area is 170 Å². The van der Waals surface area contributed by atoms with Gasteiger partial charge in [-0.3, -0.25) is 14.4 Å². The molecule has 7 heteroatoms. The van der Waals surface area contributed by atoms with Crippen LogP contribution in [-0.2, 0) is 0 Å². The highest BCUT2D eigenvalue weighted by atomic mass is 35.5. The van der Waals surface area contributed by atoms with E-state index in [0.29, 0.717) is 38.1 Å². The first-order chi connectivity index (χ1) is 13.5. The Morgan fingerprint density at radius 2 is 1.39 bits per heavy atom. The highest BCUT2D eigenvalue weighted by Crippen LogP contribution is 2.29. The van der Waals surface area contributed by atoms with Crippen LogP contribution in [-0.4, -0.2) is 17.7 Å². The summed E-state index contributed by atoms with van der Waals surface area (Å²) in [6, 6.07) is 17.7. The number of anilines is 2. The number of carbonyl (C=O) groups is 3. The van der Waals surface area contributed by atoms with Crippen molar-refractivity contribution in [2.75, 3.05) is 10.2 Å². The van der Waals surface area contributed by atoms with Gasteiger partial charge in [0, 0.05) is 11.3 Å². The molecule has 1 aliphatic heterocycles. The van der Waals surface area contributed by atoms with Gasteiger partial charge in [0.25, 0.3) is 17.7 Å². The topological polar surface area (TPSA) is 66.5 Å². The van der Waals surface area contributed by atoms with Crippen LogP contribution in [0.5, 0.6) is 0 Å². The molecule has 1 aliphatic rings. The van der Waals surface area contributed by atoms with Crippen LogP contribution >= 0.6 is 23.2 Å². The molecule has 0 atom stereocenters. The molecule has 0 saturated heterocycles. The number of fused-ring (bicyclic) bond motifs is 1. The summed E-state index contributed by atoms with van der Waals surface area (Å²) in [5.74, 6) is -1.12. The zero-order valence-electron chi connectivity index (χ0n) is 14.3. The van der Waals surface area contributed by atoms with E-state index in [-0.39, 0.29) is 17.7 Å². The van der Waals surface area contributed by atoms with Crippen LogP contribution < -0.4 is 10.2 Å². The molecular formula is C21H12Cl2N2O3. The molecule has 0 radical (unpaired) electrons. The normalized spacial score (nSPS) is 12.9. The summed E-state index contributed by atoms with van der Waals surface area (Å²) >= 11 is 11.8. The number of benzene rings is 3. The van der Waals surface area contributed by atoms with Crippen LogP contribution in [0.1, 0.15) is 31.1 Å². The van der Waals surface area contributed by atoms with Crippen molar-refractivity contribution in [2.45, 2.75) is 0 Å². The summed E-state index contributed by atoms with van der Waals surface area (Å²) in [5.41, 5.74) is 2.01. The smallest absolute Gasteiger partial charge is 0.266 e. The number of amides is 3. The Morgan fingerprint density at radius 1 is 0.786 bits per heavy atom. The number of rotatable bonds is 3. The van der Waals surface area contributed by atoms with Crippen LogP contribution in [0.15, 0.2) is 66.7 Å². The van der Waals surface area contributed by atoms with Gasteiger partial charge in [0.2, 0.25) is 0 Å². The van der Waals surface area contributed by atoms with E-state index < -0.39 is 0 Å². The molecule has 5 nitrogen and oxygen atoms in total. The number of nitrogens with zero attached hydrogens (tertiary/aromatic N) is 1. The molecule has 3 aromatic rings. The molecule has 0 bridgehead atoms. The lowest BCUT2D eigenvalue weighted by Crippen LogP contribution is -2.29. The van der Waals surface area contributed by atoms with E-state index in [2.05, 4.69) is 5.32 Å². The molecule has 0 fully saturated rings. The molecule has 138 valence electrons. The van der Waals surface area contributed by atoms with Gasteiger partial charge in [-0.1, -0.05) is 35.3 Å². The number of imide groups is 1. The third-order valence-electron chi connectivity index (χ3n) is 4.36. The quantitative estimate of drug-likeness (QED) is 0.614. The van der Waals surface area contributed by atoms with Crippen LogP contribution in [0.4, 0.5) is 11.4 Å². The molecule has 3 aromatic carbocycles. The summed E-state index contributed by atoms with van der Waals surface area (Å²) in [6.07, 6.45) is 0. The Kier molecular flexibility index (Phi) is 4.63. The fourth-order valence-corrected chi connectivity index (χ4v) is 3.26. The second-order valence-corrected chi connectivity index (χ2v) is 6.94. The SMILES string of the molecule is O=C(Nc1ccc(Cl)c(Cl)c1)c1ccc(N2C(=O)c3ccccc3C2=O)cc1. The first-order valence-corrected chi connectivity index (χ1v) is 9.05. The van der Waals surface area contributed by atoms with Crippen LogP contribution in [0.2, 0.25) is 10.0 Å². The number of halogens is 2. The van der Waals surface area contributed by atoms with Gasteiger partial charge in [-0.15, -0.1) is 0 Å². The molecule has 0 saturated carbocycles. The molecule has 0 aromatic heterocycles. The van der Waals surface area contributed by atoms with Crippen molar-refractivity contribution < 1.29 is 14.4 Å². The number of hydrogen-bond acceptors (Lipinski definition) is 3. The summed E-state index contributed by atoms with van der Waals surface area (Å²) in [6.45, 7) is 0. The predicted octanol–water partition coefficient (Wildman–Crippen LogP) is 5.05. The van der Waals surface area contributed by atoms with Gasteiger partial charge in [-0.25, -0.2) is 4.90 Å². The van der Waals surface area contributed by atoms with E-state index in [9.17, 15) is 14.4 Å². The Balaban J connectivity index is 1.54. The van der Waals surface area contributed by atoms with Gasteiger partial charge >= 0.3 is 0 Å². The molecule has 3 amide bonds. The van der Waals surface area contributed by atoms with Crippen molar-refractivity contribution in [3.05, 3.63) is 93.5 Å². The lowest BCUT2D eigenvalue weighted by atomic mass is 10.1. The predicted molar refractivity (Wildman–Crippen MR) is 108 cm³/mol. The maximum absolute atomic E-state index is 12.5. The third-order valence-corrected chi connectivity index (χ3v) is 5.10. The van der Waals surface area contributed by atoms with Crippen LogP contribution in [0.25, 0.3) is 0 Å². The number of nitrogens with one attached hydrogen (secondary N) is 1. The van der Waals surface area contributed by atoms with Gasteiger partial charge in [-0.05, 0) is 54.6 Å². The van der Waals surface area contributed by atoms with E-state index in [1.54, 1.807) is 66.7 Å². The standard InChI is InChI=1S/C21H12Cl2N2O3/c22-17-10-7-13(11-18(17)23)24-19(26)12-5-8-14(9-6-12)25-20(27)15-3-1-2-4-16(15)21(25)28/h1-11H,(H,24,26). The minimum atomic E-state index is -0.381. The van der Waals surface area contributed by atoms with Crippen molar-refractivity contribution in [3.8, 4) is 0 Å². The Morgan fingerprint density at radius 3 is 1.96 bits per heavy atom. The Hall–Kier alpha value is -3.15. The molecular weight excluding hydrogens is 399 g/mol. The van der Waals surface area contributed by atoms with E-state index in [4.69, 9.17) is 23.2 Å². The molecule has 1 N–H and O–H groups in total. The average molecular weight is 411 g/mol. The van der Waals surface area contributed by atoms with E-state index >= 15 is 0 Å². The van der Waals surface area contributed by atoms with Gasteiger partial charge in [0.15, 0.2) is 0 Å². The highest BCUT2D eigenvalue weighted by molar-refractivity contribution is 6.42. The van der Waals surface area contributed by atoms with Gasteiger partial charge in [-0.2, -0.15) is 0 Å².